The first-order valence-electron chi connectivity index (χ1n) is 13.9. The third kappa shape index (κ3) is 11.0. The first kappa shape index (κ1) is 31.2. The van der Waals surface area contributed by atoms with Crippen molar-refractivity contribution in [1.29, 1.82) is 0 Å². The van der Waals surface area contributed by atoms with Crippen LogP contribution >= 0.6 is 0 Å². The zero-order valence-electron chi connectivity index (χ0n) is 25.0. The Bertz CT molecular complexity index is 1280. The molecule has 0 saturated carbocycles. The quantitative estimate of drug-likeness (QED) is 0.207. The van der Waals surface area contributed by atoms with E-state index in [1.165, 1.54) is 5.56 Å². The normalized spacial score (nSPS) is 11.1. The molecule has 0 aliphatic rings. The summed E-state index contributed by atoms with van der Waals surface area (Å²) in [5.41, 5.74) is 3.50. The molecular weight excluding hydrogens is 512 g/mol. The summed E-state index contributed by atoms with van der Waals surface area (Å²) in [7, 11) is 4.11. The molecule has 3 rings (SSSR count). The van der Waals surface area contributed by atoms with Crippen LogP contribution in [0.1, 0.15) is 42.4 Å². The molecule has 2 aromatic carbocycles. The van der Waals surface area contributed by atoms with E-state index in [-0.39, 0.29) is 11.5 Å². The van der Waals surface area contributed by atoms with Gasteiger partial charge in [0.2, 0.25) is 0 Å². The number of hydrogen-bond donors (Lipinski definition) is 3. The lowest BCUT2D eigenvalue weighted by Crippen LogP contribution is -2.36. The molecule has 0 radical (unpaired) electrons. The molecule has 8 nitrogen and oxygen atoms in total. The highest BCUT2D eigenvalue weighted by Crippen LogP contribution is 2.24. The second-order valence-corrected chi connectivity index (χ2v) is 11.1. The first-order chi connectivity index (χ1) is 19.5. The number of carbonyl (C=O) groups is 1. The fraction of sp³-hybridized carbons (Fsp3) is 0.333. The molecule has 1 aromatic heterocycles. The number of para-hydroxylation sites is 2. The Morgan fingerprint density at radius 3 is 2.15 bits per heavy atom. The van der Waals surface area contributed by atoms with Crippen LogP contribution in [0.4, 0.5) is 11.4 Å². The average molecular weight is 557 g/mol. The van der Waals surface area contributed by atoms with Crippen molar-refractivity contribution in [1.82, 2.24) is 20.1 Å². The molecule has 8 heteroatoms. The molecule has 0 spiro atoms. The van der Waals surface area contributed by atoms with E-state index in [4.69, 9.17) is 4.74 Å². The SMILES string of the molecule is C=C(Nc1ccccc1NC(=O)c1ccc(CN(CCN(C)C)C(=C)NCCc2ccccc2)cn1)OC(C)(C)C. The monoisotopic (exact) mass is 556 g/mol. The van der Waals surface area contributed by atoms with Crippen LogP contribution < -0.4 is 16.0 Å². The summed E-state index contributed by atoms with van der Waals surface area (Å²) in [4.78, 5) is 21.9. The lowest BCUT2D eigenvalue weighted by molar-refractivity contribution is 0.0565. The van der Waals surface area contributed by atoms with Crippen LogP contribution in [0.2, 0.25) is 0 Å². The Labute approximate surface area is 245 Å². The van der Waals surface area contributed by atoms with Gasteiger partial charge < -0.3 is 30.5 Å². The highest BCUT2D eigenvalue weighted by molar-refractivity contribution is 6.04. The lowest BCUT2D eigenvalue weighted by atomic mass is 10.1. The van der Waals surface area contributed by atoms with E-state index in [0.29, 0.717) is 29.5 Å². The number of aromatic nitrogens is 1. The number of rotatable bonds is 15. The van der Waals surface area contributed by atoms with Gasteiger partial charge in [0.05, 0.1) is 17.2 Å². The van der Waals surface area contributed by atoms with Gasteiger partial charge in [-0.3, -0.25) is 9.78 Å². The van der Waals surface area contributed by atoms with Crippen LogP contribution in [0, 0.1) is 0 Å². The van der Waals surface area contributed by atoms with Crippen LogP contribution in [0.15, 0.2) is 97.8 Å². The molecule has 1 heterocycles. The molecule has 3 N–H and O–H groups in total. The van der Waals surface area contributed by atoms with E-state index < -0.39 is 0 Å². The number of carbonyl (C=O) groups excluding carboxylic acids is 1. The Morgan fingerprint density at radius 1 is 0.878 bits per heavy atom. The molecule has 3 aromatic rings. The van der Waals surface area contributed by atoms with E-state index in [1.54, 1.807) is 12.3 Å². The summed E-state index contributed by atoms with van der Waals surface area (Å²) in [5.74, 6) is 0.965. The molecule has 0 aliphatic carbocycles. The van der Waals surface area contributed by atoms with Crippen molar-refractivity contribution in [2.45, 2.75) is 39.3 Å². The average Bonchev–Trinajstić information content (AvgIpc) is 2.91. The highest BCUT2D eigenvalue weighted by atomic mass is 16.5. The number of likely N-dealkylation sites (N-methyl/N-ethyl adjacent to an activating group) is 1. The maximum Gasteiger partial charge on any atom is 0.274 e. The first-order valence-corrected chi connectivity index (χ1v) is 13.9. The van der Waals surface area contributed by atoms with Crippen molar-refractivity contribution in [3.63, 3.8) is 0 Å². The molecule has 0 atom stereocenters. The fourth-order valence-corrected chi connectivity index (χ4v) is 4.04. The van der Waals surface area contributed by atoms with E-state index in [0.717, 1.165) is 37.4 Å². The Kier molecular flexibility index (Phi) is 11.4. The maximum atomic E-state index is 13.0. The Hall–Kier alpha value is -4.30. The summed E-state index contributed by atoms with van der Waals surface area (Å²) in [6.07, 6.45) is 2.67. The number of benzene rings is 2. The number of hydrogen-bond acceptors (Lipinski definition) is 7. The molecule has 1 amide bonds. The Morgan fingerprint density at radius 2 is 1.54 bits per heavy atom. The van der Waals surface area contributed by atoms with Gasteiger partial charge in [-0.2, -0.15) is 0 Å². The van der Waals surface area contributed by atoms with Crippen LogP contribution in [0.3, 0.4) is 0 Å². The predicted molar refractivity (Wildman–Crippen MR) is 168 cm³/mol. The summed E-state index contributed by atoms with van der Waals surface area (Å²) in [6.45, 7) is 17.2. The predicted octanol–water partition coefficient (Wildman–Crippen LogP) is 5.70. The summed E-state index contributed by atoms with van der Waals surface area (Å²) < 4.78 is 5.77. The second-order valence-electron chi connectivity index (χ2n) is 11.1. The van der Waals surface area contributed by atoms with E-state index in [1.807, 2.05) is 57.2 Å². The third-order valence-electron chi connectivity index (χ3n) is 6.09. The summed E-state index contributed by atoms with van der Waals surface area (Å²) in [5, 5.41) is 9.55. The van der Waals surface area contributed by atoms with Gasteiger partial charge in [-0.1, -0.05) is 55.1 Å². The topological polar surface area (TPSA) is 81.8 Å². The van der Waals surface area contributed by atoms with Gasteiger partial charge in [0, 0.05) is 32.4 Å². The molecule has 218 valence electrons. The smallest absolute Gasteiger partial charge is 0.274 e. The summed E-state index contributed by atoms with van der Waals surface area (Å²) in [6, 6.07) is 21.5. The minimum atomic E-state index is -0.388. The zero-order valence-corrected chi connectivity index (χ0v) is 25.0. The van der Waals surface area contributed by atoms with Crippen molar-refractivity contribution >= 4 is 17.3 Å². The van der Waals surface area contributed by atoms with Crippen LogP contribution in [-0.2, 0) is 17.7 Å². The van der Waals surface area contributed by atoms with E-state index >= 15 is 0 Å². The Balaban J connectivity index is 1.61. The molecule has 0 unspecified atom stereocenters. The third-order valence-corrected chi connectivity index (χ3v) is 6.09. The van der Waals surface area contributed by atoms with Gasteiger partial charge >= 0.3 is 0 Å². The van der Waals surface area contributed by atoms with Gasteiger partial charge in [0.15, 0.2) is 5.88 Å². The van der Waals surface area contributed by atoms with Crippen molar-refractivity contribution in [2.75, 3.05) is 44.4 Å². The lowest BCUT2D eigenvalue weighted by Gasteiger charge is -2.29. The molecular formula is C33H44N6O2. The number of ether oxygens (including phenoxy) is 1. The van der Waals surface area contributed by atoms with Gasteiger partial charge in [-0.15, -0.1) is 0 Å². The second kappa shape index (κ2) is 14.9. The molecule has 0 aliphatic heterocycles. The van der Waals surface area contributed by atoms with Gasteiger partial charge in [0.1, 0.15) is 11.3 Å². The minimum absolute atomic E-state index is 0.301. The largest absolute Gasteiger partial charge is 0.474 e. The van der Waals surface area contributed by atoms with Gasteiger partial charge in [0.25, 0.3) is 5.91 Å². The molecule has 0 fully saturated rings. The number of anilines is 2. The van der Waals surface area contributed by atoms with E-state index in [9.17, 15) is 4.79 Å². The molecule has 41 heavy (non-hydrogen) atoms. The number of pyridine rings is 1. The standard InChI is InChI=1S/C33H44N6O2/c1-25(34-20-19-27-13-9-8-10-14-27)39(22-21-38(6)7)24-28-17-18-31(35-23-28)32(40)37-30-16-12-11-15-29(30)36-26(2)41-33(3,4)5/h8-18,23,34,36H,1-2,19-22,24H2,3-7H3,(H,37,40). The fourth-order valence-electron chi connectivity index (χ4n) is 4.04. The van der Waals surface area contributed by atoms with Crippen molar-refractivity contribution in [2.24, 2.45) is 0 Å². The van der Waals surface area contributed by atoms with Gasteiger partial charge in [-0.25, -0.2) is 0 Å². The summed E-state index contributed by atoms with van der Waals surface area (Å²) >= 11 is 0. The van der Waals surface area contributed by atoms with Crippen LogP contribution in [-0.4, -0.2) is 60.0 Å². The molecule has 0 bridgehead atoms. The minimum Gasteiger partial charge on any atom is -0.474 e. The van der Waals surface area contributed by atoms with Gasteiger partial charge in [-0.05, 0) is 77.2 Å². The van der Waals surface area contributed by atoms with Crippen molar-refractivity contribution < 1.29 is 9.53 Å². The number of nitrogens with zero attached hydrogens (tertiary/aromatic N) is 3. The number of nitrogens with one attached hydrogen (secondary N) is 3. The van der Waals surface area contributed by atoms with Crippen LogP contribution in [0.25, 0.3) is 0 Å². The van der Waals surface area contributed by atoms with E-state index in [2.05, 4.69) is 82.3 Å². The highest BCUT2D eigenvalue weighted by Gasteiger charge is 2.16. The van der Waals surface area contributed by atoms with Crippen LogP contribution in [0.5, 0.6) is 0 Å². The van der Waals surface area contributed by atoms with Crippen molar-refractivity contribution in [3.05, 3.63) is 115 Å². The maximum absolute atomic E-state index is 13.0. The van der Waals surface area contributed by atoms with Crippen molar-refractivity contribution in [3.8, 4) is 0 Å². The molecule has 0 saturated heterocycles. The number of amides is 1. The zero-order chi connectivity index (χ0) is 29.8.